The van der Waals surface area contributed by atoms with Crippen LogP contribution in [0.2, 0.25) is 0 Å². The number of halogens is 1. The first-order valence-corrected chi connectivity index (χ1v) is 7.36. The predicted molar refractivity (Wildman–Crippen MR) is 90.3 cm³/mol. The van der Waals surface area contributed by atoms with E-state index in [2.05, 4.69) is 21.6 Å². The zero-order valence-corrected chi connectivity index (χ0v) is 13.9. The molecule has 1 aliphatic heterocycles. The average Bonchev–Trinajstić information content (AvgIpc) is 2.82. The summed E-state index contributed by atoms with van der Waals surface area (Å²) < 4.78 is 0. The van der Waals surface area contributed by atoms with Crippen LogP contribution in [0.4, 0.5) is 5.69 Å². The molecule has 0 aromatic heterocycles. The van der Waals surface area contributed by atoms with Crippen LogP contribution >= 0.6 is 12.4 Å². The van der Waals surface area contributed by atoms with Crippen LogP contribution in [0.25, 0.3) is 0 Å². The summed E-state index contributed by atoms with van der Waals surface area (Å²) in [5, 5.41) is 6.25. The number of carbonyl (C=O) groups excluding carboxylic acids is 1. The Hall–Kier alpha value is -1.10. The maximum absolute atomic E-state index is 12.2. The van der Waals surface area contributed by atoms with Gasteiger partial charge in [-0.2, -0.15) is 0 Å². The molecule has 1 aromatic carbocycles. The third kappa shape index (κ3) is 4.99. The zero-order chi connectivity index (χ0) is 14.5. The molecular weight excluding hydrogens is 286 g/mol. The van der Waals surface area contributed by atoms with Gasteiger partial charge in [-0.25, -0.2) is 0 Å². The Balaban J connectivity index is 0.00000220. The number of rotatable bonds is 5. The topological polar surface area (TPSA) is 44.4 Å². The van der Waals surface area contributed by atoms with Crippen molar-refractivity contribution in [1.29, 1.82) is 0 Å². The molecular formula is C16H26ClN3O. The molecule has 0 spiro atoms. The molecule has 2 rings (SSSR count). The number of aryl methyl sites for hydroxylation is 2. The van der Waals surface area contributed by atoms with Gasteiger partial charge in [0, 0.05) is 18.3 Å². The maximum atomic E-state index is 12.2. The summed E-state index contributed by atoms with van der Waals surface area (Å²) in [4.78, 5) is 14.5. The Morgan fingerprint density at radius 3 is 2.86 bits per heavy atom. The first kappa shape index (κ1) is 18.0. The number of likely N-dealkylation sites (tertiary alicyclic amines) is 1. The van der Waals surface area contributed by atoms with Crippen LogP contribution < -0.4 is 10.6 Å². The van der Waals surface area contributed by atoms with E-state index in [9.17, 15) is 4.79 Å². The van der Waals surface area contributed by atoms with E-state index >= 15 is 0 Å². The monoisotopic (exact) mass is 311 g/mol. The second-order valence-corrected chi connectivity index (χ2v) is 5.69. The molecule has 1 amide bonds. The van der Waals surface area contributed by atoms with Gasteiger partial charge in [-0.05, 0) is 57.5 Å². The predicted octanol–water partition coefficient (Wildman–Crippen LogP) is 2.35. The van der Waals surface area contributed by atoms with E-state index in [1.807, 2.05) is 33.0 Å². The van der Waals surface area contributed by atoms with Gasteiger partial charge < -0.3 is 10.6 Å². The summed E-state index contributed by atoms with van der Waals surface area (Å²) in [5.41, 5.74) is 3.21. The highest BCUT2D eigenvalue weighted by molar-refractivity contribution is 5.93. The number of benzene rings is 1. The fourth-order valence-corrected chi connectivity index (χ4v) is 2.81. The highest BCUT2D eigenvalue weighted by Crippen LogP contribution is 2.18. The van der Waals surface area contributed by atoms with Gasteiger partial charge in [-0.1, -0.05) is 12.1 Å². The average molecular weight is 312 g/mol. The fourth-order valence-electron chi connectivity index (χ4n) is 2.81. The number of carbonyl (C=O) groups is 1. The van der Waals surface area contributed by atoms with Gasteiger partial charge in [0.15, 0.2) is 0 Å². The van der Waals surface area contributed by atoms with Crippen LogP contribution in [-0.2, 0) is 4.79 Å². The summed E-state index contributed by atoms with van der Waals surface area (Å²) in [6.07, 6.45) is 2.36. The SMILES string of the molecule is CNCC1CCCN1CC(=O)Nc1cc(C)ccc1C.Cl. The van der Waals surface area contributed by atoms with Crippen molar-refractivity contribution in [2.24, 2.45) is 0 Å². The molecule has 0 bridgehead atoms. The minimum absolute atomic E-state index is 0. The smallest absolute Gasteiger partial charge is 0.238 e. The number of nitrogens with one attached hydrogen (secondary N) is 2. The van der Waals surface area contributed by atoms with Crippen molar-refractivity contribution in [2.75, 3.05) is 32.0 Å². The molecule has 1 heterocycles. The summed E-state index contributed by atoms with van der Waals surface area (Å²) in [6.45, 7) is 6.52. The second-order valence-electron chi connectivity index (χ2n) is 5.69. The van der Waals surface area contributed by atoms with Crippen molar-refractivity contribution >= 4 is 24.0 Å². The largest absolute Gasteiger partial charge is 0.325 e. The molecule has 21 heavy (non-hydrogen) atoms. The van der Waals surface area contributed by atoms with E-state index in [0.717, 1.165) is 24.3 Å². The Kier molecular flexibility index (Phi) is 7.15. The quantitative estimate of drug-likeness (QED) is 0.877. The lowest BCUT2D eigenvalue weighted by Crippen LogP contribution is -2.41. The molecule has 5 heteroatoms. The van der Waals surface area contributed by atoms with Crippen LogP contribution in [-0.4, -0.2) is 43.5 Å². The van der Waals surface area contributed by atoms with Gasteiger partial charge in [-0.3, -0.25) is 9.69 Å². The van der Waals surface area contributed by atoms with Crippen LogP contribution in [0.15, 0.2) is 18.2 Å². The molecule has 0 radical (unpaired) electrons. The number of hydrogen-bond donors (Lipinski definition) is 2. The molecule has 1 aliphatic rings. The third-order valence-electron chi connectivity index (χ3n) is 3.95. The summed E-state index contributed by atoms with van der Waals surface area (Å²) in [6, 6.07) is 6.63. The molecule has 1 unspecified atom stereocenters. The second kappa shape index (κ2) is 8.37. The number of anilines is 1. The van der Waals surface area contributed by atoms with Crippen molar-refractivity contribution < 1.29 is 4.79 Å². The Morgan fingerprint density at radius 2 is 2.14 bits per heavy atom. The van der Waals surface area contributed by atoms with Crippen LogP contribution in [0.3, 0.4) is 0 Å². The Labute approximate surface area is 133 Å². The van der Waals surface area contributed by atoms with Gasteiger partial charge in [0.05, 0.1) is 6.54 Å². The van der Waals surface area contributed by atoms with Gasteiger partial charge >= 0.3 is 0 Å². The molecule has 4 nitrogen and oxygen atoms in total. The van der Waals surface area contributed by atoms with Crippen molar-refractivity contribution in [1.82, 2.24) is 10.2 Å². The number of likely N-dealkylation sites (N-methyl/N-ethyl adjacent to an activating group) is 1. The standard InChI is InChI=1S/C16H25N3O.ClH/c1-12-6-7-13(2)15(9-12)18-16(20)11-19-8-4-5-14(19)10-17-3;/h6-7,9,14,17H,4-5,8,10-11H2,1-3H3,(H,18,20);1H. The van der Waals surface area contributed by atoms with E-state index in [0.29, 0.717) is 12.6 Å². The molecule has 1 aromatic rings. The lowest BCUT2D eigenvalue weighted by atomic mass is 10.1. The molecule has 1 fully saturated rings. The van der Waals surface area contributed by atoms with Gasteiger partial charge in [0.25, 0.3) is 0 Å². The van der Waals surface area contributed by atoms with Crippen molar-refractivity contribution in [3.8, 4) is 0 Å². The third-order valence-corrected chi connectivity index (χ3v) is 3.95. The first-order valence-electron chi connectivity index (χ1n) is 7.36. The maximum Gasteiger partial charge on any atom is 0.238 e. The van der Waals surface area contributed by atoms with E-state index in [1.165, 1.54) is 18.4 Å². The van der Waals surface area contributed by atoms with Crippen LogP contribution in [0.5, 0.6) is 0 Å². The number of hydrogen-bond acceptors (Lipinski definition) is 3. The molecule has 2 N–H and O–H groups in total. The van der Waals surface area contributed by atoms with Gasteiger partial charge in [-0.15, -0.1) is 12.4 Å². The van der Waals surface area contributed by atoms with Crippen molar-refractivity contribution in [2.45, 2.75) is 32.7 Å². The molecule has 1 atom stereocenters. The van der Waals surface area contributed by atoms with Gasteiger partial charge in [0.1, 0.15) is 0 Å². The first-order chi connectivity index (χ1) is 9.60. The number of amides is 1. The van der Waals surface area contributed by atoms with E-state index in [-0.39, 0.29) is 18.3 Å². The van der Waals surface area contributed by atoms with E-state index in [4.69, 9.17) is 0 Å². The van der Waals surface area contributed by atoms with Crippen LogP contribution in [0, 0.1) is 13.8 Å². The summed E-state index contributed by atoms with van der Waals surface area (Å²) >= 11 is 0. The van der Waals surface area contributed by atoms with E-state index < -0.39 is 0 Å². The highest BCUT2D eigenvalue weighted by atomic mass is 35.5. The number of nitrogens with zero attached hydrogens (tertiary/aromatic N) is 1. The van der Waals surface area contributed by atoms with Crippen molar-refractivity contribution in [3.05, 3.63) is 29.3 Å². The molecule has 0 saturated carbocycles. The van der Waals surface area contributed by atoms with Crippen molar-refractivity contribution in [3.63, 3.8) is 0 Å². The summed E-state index contributed by atoms with van der Waals surface area (Å²) in [5.74, 6) is 0.0849. The van der Waals surface area contributed by atoms with Gasteiger partial charge in [0.2, 0.25) is 5.91 Å². The highest BCUT2D eigenvalue weighted by Gasteiger charge is 2.25. The minimum atomic E-state index is 0. The molecule has 1 saturated heterocycles. The summed E-state index contributed by atoms with van der Waals surface area (Å²) in [7, 11) is 1.96. The normalized spacial score (nSPS) is 18.3. The Bertz CT molecular complexity index is 479. The minimum Gasteiger partial charge on any atom is -0.325 e. The lowest BCUT2D eigenvalue weighted by Gasteiger charge is -2.23. The Morgan fingerprint density at radius 1 is 1.38 bits per heavy atom. The fraction of sp³-hybridized carbons (Fsp3) is 0.562. The van der Waals surface area contributed by atoms with Crippen LogP contribution in [0.1, 0.15) is 24.0 Å². The van der Waals surface area contributed by atoms with E-state index in [1.54, 1.807) is 0 Å². The zero-order valence-electron chi connectivity index (χ0n) is 13.1. The lowest BCUT2D eigenvalue weighted by molar-refractivity contribution is -0.117. The molecule has 0 aliphatic carbocycles. The molecule has 118 valence electrons.